The topological polar surface area (TPSA) is 81.1 Å². The summed E-state index contributed by atoms with van der Waals surface area (Å²) in [5.41, 5.74) is 8.05. The number of nitrogens with zero attached hydrogens (tertiary/aromatic N) is 1. The van der Waals surface area contributed by atoms with Crippen LogP contribution < -0.4 is 11.1 Å². The highest BCUT2D eigenvalue weighted by atomic mass is 35.5. The molecule has 0 saturated carbocycles. The number of halogens is 2. The molecule has 2 rings (SSSR count). The van der Waals surface area contributed by atoms with Crippen LogP contribution in [-0.4, -0.2) is 23.0 Å². The van der Waals surface area contributed by atoms with E-state index in [1.807, 2.05) is 45.0 Å². The van der Waals surface area contributed by atoms with Gasteiger partial charge in [0.05, 0.1) is 6.20 Å². The first-order valence-corrected chi connectivity index (χ1v) is 8.53. The molecule has 0 unspecified atom stereocenters. The van der Waals surface area contributed by atoms with Gasteiger partial charge < -0.3 is 15.5 Å². The number of aryl methyl sites for hydroxylation is 2. The van der Waals surface area contributed by atoms with Crippen LogP contribution in [0.1, 0.15) is 44.6 Å². The van der Waals surface area contributed by atoms with Crippen molar-refractivity contribution in [1.29, 1.82) is 0 Å². The minimum atomic E-state index is -0.322. The molecular weight excluding hydrogens is 373 g/mol. The normalized spacial score (nSPS) is 10.6. The average Bonchev–Trinajstić information content (AvgIpc) is 3.07. The number of nitrogens with one attached hydrogen (secondary N) is 1. The van der Waals surface area contributed by atoms with E-state index in [0.717, 1.165) is 24.2 Å². The number of aromatic nitrogens is 1. The maximum absolute atomic E-state index is 12.0. The molecule has 1 aromatic carbocycles. The van der Waals surface area contributed by atoms with Crippen molar-refractivity contribution in [3.05, 3.63) is 41.9 Å². The van der Waals surface area contributed by atoms with Crippen LogP contribution in [0.25, 0.3) is 11.3 Å². The third-order valence-corrected chi connectivity index (χ3v) is 4.50. The van der Waals surface area contributed by atoms with Gasteiger partial charge in [-0.25, -0.2) is 4.98 Å². The van der Waals surface area contributed by atoms with Crippen molar-refractivity contribution in [3.8, 4) is 11.3 Å². The second-order valence-electron chi connectivity index (χ2n) is 6.33. The van der Waals surface area contributed by atoms with Crippen molar-refractivity contribution in [2.24, 2.45) is 5.73 Å². The van der Waals surface area contributed by atoms with Crippen molar-refractivity contribution in [3.63, 3.8) is 0 Å². The molecule has 0 fully saturated rings. The molecule has 0 aliphatic heterocycles. The summed E-state index contributed by atoms with van der Waals surface area (Å²) in [6.07, 6.45) is 4.20. The Morgan fingerprint density at radius 1 is 1.19 bits per heavy atom. The number of carbonyl (C=O) groups is 1. The summed E-state index contributed by atoms with van der Waals surface area (Å²) >= 11 is 0. The van der Waals surface area contributed by atoms with Gasteiger partial charge in [0.2, 0.25) is 5.91 Å². The van der Waals surface area contributed by atoms with Gasteiger partial charge >= 0.3 is 0 Å². The first-order chi connectivity index (χ1) is 11.5. The first kappa shape index (κ1) is 24.4. The van der Waals surface area contributed by atoms with E-state index in [1.54, 1.807) is 6.20 Å². The van der Waals surface area contributed by atoms with Gasteiger partial charge in [0.1, 0.15) is 0 Å². The lowest BCUT2D eigenvalue weighted by Crippen LogP contribution is -2.49. The minimum absolute atomic E-state index is 0. The molecule has 0 atom stereocenters. The Balaban J connectivity index is 0.00000312. The standard InChI is InChI=1S/C19H27N3O2.2ClH/c1-4-19(20,5-2)13-22-17(23)10-11-18-21-12-16(24-18)15-8-6-14(3)7-9-15;;/h6-9,12H,4-5,10-11,13,20H2,1-3H3,(H,22,23);2*1H. The van der Waals surface area contributed by atoms with Crippen molar-refractivity contribution >= 4 is 30.7 Å². The number of rotatable bonds is 8. The zero-order valence-corrected chi connectivity index (χ0v) is 17.2. The molecule has 0 saturated heterocycles. The van der Waals surface area contributed by atoms with Gasteiger partial charge in [-0.2, -0.15) is 0 Å². The first-order valence-electron chi connectivity index (χ1n) is 8.53. The van der Waals surface area contributed by atoms with Crippen LogP contribution in [0.15, 0.2) is 34.9 Å². The number of amides is 1. The van der Waals surface area contributed by atoms with Crippen molar-refractivity contribution in [2.75, 3.05) is 6.54 Å². The summed E-state index contributed by atoms with van der Waals surface area (Å²) in [5, 5.41) is 2.91. The molecule has 5 nitrogen and oxygen atoms in total. The summed E-state index contributed by atoms with van der Waals surface area (Å²) in [6, 6.07) is 8.07. The summed E-state index contributed by atoms with van der Waals surface area (Å²) in [5.74, 6) is 1.27. The van der Waals surface area contributed by atoms with E-state index in [2.05, 4.69) is 10.3 Å². The molecule has 3 N–H and O–H groups in total. The van der Waals surface area contributed by atoms with Crippen LogP contribution in [0.4, 0.5) is 0 Å². The Morgan fingerprint density at radius 3 is 2.38 bits per heavy atom. The number of carbonyl (C=O) groups excluding carboxylic acids is 1. The lowest BCUT2D eigenvalue weighted by molar-refractivity contribution is -0.121. The number of benzene rings is 1. The molecule has 0 radical (unpaired) electrons. The molecule has 26 heavy (non-hydrogen) atoms. The van der Waals surface area contributed by atoms with Gasteiger partial charge in [0.15, 0.2) is 11.7 Å². The molecule has 2 aromatic rings. The lowest BCUT2D eigenvalue weighted by atomic mass is 9.94. The molecule has 146 valence electrons. The van der Waals surface area contributed by atoms with E-state index in [9.17, 15) is 4.79 Å². The van der Waals surface area contributed by atoms with Gasteiger partial charge in [-0.3, -0.25) is 4.79 Å². The van der Waals surface area contributed by atoms with Crippen LogP contribution in [-0.2, 0) is 11.2 Å². The summed E-state index contributed by atoms with van der Waals surface area (Å²) in [7, 11) is 0. The van der Waals surface area contributed by atoms with E-state index < -0.39 is 0 Å². The van der Waals surface area contributed by atoms with Crippen LogP contribution in [0.5, 0.6) is 0 Å². The molecule has 7 heteroatoms. The smallest absolute Gasteiger partial charge is 0.220 e. The van der Waals surface area contributed by atoms with Gasteiger partial charge in [-0.05, 0) is 19.8 Å². The summed E-state index contributed by atoms with van der Waals surface area (Å²) in [6.45, 7) is 6.62. The average molecular weight is 402 g/mol. The third-order valence-electron chi connectivity index (χ3n) is 4.50. The van der Waals surface area contributed by atoms with E-state index in [0.29, 0.717) is 25.3 Å². The highest BCUT2D eigenvalue weighted by Gasteiger charge is 2.20. The van der Waals surface area contributed by atoms with Gasteiger partial charge in [0, 0.05) is 30.5 Å². The van der Waals surface area contributed by atoms with E-state index in [4.69, 9.17) is 10.2 Å². The fourth-order valence-electron chi connectivity index (χ4n) is 2.36. The molecule has 0 aliphatic rings. The van der Waals surface area contributed by atoms with Crippen LogP contribution in [0.2, 0.25) is 0 Å². The molecule has 0 bridgehead atoms. The van der Waals surface area contributed by atoms with Crippen molar-refractivity contribution in [1.82, 2.24) is 10.3 Å². The van der Waals surface area contributed by atoms with E-state index in [-0.39, 0.29) is 36.3 Å². The van der Waals surface area contributed by atoms with Gasteiger partial charge in [-0.15, -0.1) is 24.8 Å². The summed E-state index contributed by atoms with van der Waals surface area (Å²) in [4.78, 5) is 16.2. The second-order valence-corrected chi connectivity index (χ2v) is 6.33. The predicted octanol–water partition coefficient (Wildman–Crippen LogP) is 4.06. The quantitative estimate of drug-likeness (QED) is 0.698. The summed E-state index contributed by atoms with van der Waals surface area (Å²) < 4.78 is 5.73. The maximum Gasteiger partial charge on any atom is 0.220 e. The maximum atomic E-state index is 12.0. The van der Waals surface area contributed by atoms with Crippen molar-refractivity contribution < 1.29 is 9.21 Å². The SMILES string of the molecule is CCC(N)(CC)CNC(=O)CCc1ncc(-c2ccc(C)cc2)o1.Cl.Cl. The minimum Gasteiger partial charge on any atom is -0.441 e. The predicted molar refractivity (Wildman–Crippen MR) is 110 cm³/mol. The zero-order chi connectivity index (χ0) is 17.6. The van der Waals surface area contributed by atoms with Crippen LogP contribution >= 0.6 is 24.8 Å². The van der Waals surface area contributed by atoms with Gasteiger partial charge in [-0.1, -0.05) is 43.7 Å². The molecule has 0 aliphatic carbocycles. The Morgan fingerprint density at radius 2 is 1.81 bits per heavy atom. The van der Waals surface area contributed by atoms with E-state index in [1.165, 1.54) is 5.56 Å². The monoisotopic (exact) mass is 401 g/mol. The number of oxazole rings is 1. The Kier molecular flexibility index (Phi) is 10.5. The van der Waals surface area contributed by atoms with Crippen LogP contribution in [0.3, 0.4) is 0 Å². The van der Waals surface area contributed by atoms with Crippen molar-refractivity contribution in [2.45, 2.75) is 52.0 Å². The Labute approximate surface area is 168 Å². The van der Waals surface area contributed by atoms with Gasteiger partial charge in [0.25, 0.3) is 0 Å². The third kappa shape index (κ3) is 6.98. The molecule has 1 heterocycles. The molecule has 1 amide bonds. The second kappa shape index (κ2) is 11.2. The highest BCUT2D eigenvalue weighted by molar-refractivity contribution is 5.85. The fraction of sp³-hybridized carbons (Fsp3) is 0.474. The lowest BCUT2D eigenvalue weighted by Gasteiger charge is -2.26. The largest absolute Gasteiger partial charge is 0.441 e. The number of hydrogen-bond donors (Lipinski definition) is 2. The number of hydrogen-bond acceptors (Lipinski definition) is 4. The highest BCUT2D eigenvalue weighted by Crippen LogP contribution is 2.21. The Bertz CT molecular complexity index is 668. The number of nitrogens with two attached hydrogens (primary N) is 1. The van der Waals surface area contributed by atoms with E-state index >= 15 is 0 Å². The molecular formula is C19H29Cl2N3O2. The fourth-order valence-corrected chi connectivity index (χ4v) is 2.36. The zero-order valence-electron chi connectivity index (χ0n) is 15.6. The Hall–Kier alpha value is -1.56. The molecule has 1 aromatic heterocycles. The van der Waals surface area contributed by atoms with Crippen LogP contribution in [0, 0.1) is 6.92 Å². The molecule has 0 spiro atoms.